The highest BCUT2D eigenvalue weighted by molar-refractivity contribution is 6.09. The molecule has 270 valence electrons. The van der Waals surface area contributed by atoms with Crippen molar-refractivity contribution in [2.75, 3.05) is 0 Å². The molecule has 12 rings (SSSR count). The first-order chi connectivity index (χ1) is 28.3. The van der Waals surface area contributed by atoms with Gasteiger partial charge in [-0.2, -0.15) is 0 Å². The zero-order chi connectivity index (χ0) is 37.5. The van der Waals surface area contributed by atoms with Crippen LogP contribution in [0.15, 0.2) is 197 Å². The third-order valence-electron chi connectivity index (χ3n) is 12.1. The van der Waals surface area contributed by atoms with Gasteiger partial charge < -0.3 is 14.5 Å². The van der Waals surface area contributed by atoms with Gasteiger partial charge in [0.1, 0.15) is 40.8 Å². The Morgan fingerprint density at radius 1 is 0.491 bits per heavy atom. The van der Waals surface area contributed by atoms with Gasteiger partial charge in [-0.15, -0.1) is 0 Å². The number of fused-ring (bicyclic) bond motifs is 12. The molecule has 5 heteroatoms. The summed E-state index contributed by atoms with van der Waals surface area (Å²) in [6.45, 7) is 0. The van der Waals surface area contributed by atoms with Crippen molar-refractivity contribution in [3.8, 4) is 33.8 Å². The molecule has 2 aliphatic heterocycles. The minimum Gasteiger partial charge on any atom is -0.457 e. The molecule has 5 nitrogen and oxygen atoms in total. The van der Waals surface area contributed by atoms with Crippen molar-refractivity contribution in [3.05, 3.63) is 227 Å². The second-order valence-electron chi connectivity index (χ2n) is 15.1. The molecule has 0 saturated carbocycles. The average molecular weight is 734 g/mol. The molecule has 0 fully saturated rings. The average Bonchev–Trinajstić information content (AvgIpc) is 3.81. The Morgan fingerprint density at radius 3 is 1.91 bits per heavy atom. The summed E-state index contributed by atoms with van der Waals surface area (Å²) in [4.78, 5) is 5.33. The highest BCUT2D eigenvalue weighted by atomic mass is 16.5. The lowest BCUT2D eigenvalue weighted by molar-refractivity contribution is 0.392. The molecule has 9 aromatic rings. The Kier molecular flexibility index (Phi) is 6.98. The smallest absolute Gasteiger partial charge is 0.143 e. The van der Waals surface area contributed by atoms with Crippen molar-refractivity contribution in [1.82, 2.24) is 10.6 Å². The molecule has 2 N–H and O–H groups in total. The highest BCUT2D eigenvalue weighted by Crippen LogP contribution is 2.63. The van der Waals surface area contributed by atoms with Crippen molar-refractivity contribution in [2.45, 2.75) is 17.7 Å². The Bertz CT molecular complexity index is 3030. The second kappa shape index (κ2) is 12.4. The van der Waals surface area contributed by atoms with Crippen LogP contribution in [0.1, 0.15) is 51.3 Å². The van der Waals surface area contributed by atoms with Crippen LogP contribution in [0.5, 0.6) is 11.5 Å². The van der Waals surface area contributed by atoms with Gasteiger partial charge in [-0.05, 0) is 57.1 Å². The van der Waals surface area contributed by atoms with Crippen molar-refractivity contribution in [1.29, 1.82) is 0 Å². The van der Waals surface area contributed by atoms with E-state index in [0.29, 0.717) is 0 Å². The Labute approximate surface area is 329 Å². The number of nitrogens with zero attached hydrogens (tertiary/aromatic N) is 1. The minimum atomic E-state index is -0.604. The molecule has 0 amide bonds. The molecule has 1 spiro atoms. The summed E-state index contributed by atoms with van der Waals surface area (Å²) >= 11 is 0. The molecule has 0 radical (unpaired) electrons. The van der Waals surface area contributed by atoms with Crippen LogP contribution in [-0.2, 0) is 5.41 Å². The topological polar surface area (TPSA) is 58.8 Å². The number of amidine groups is 1. The maximum atomic E-state index is 6.86. The number of rotatable bonds is 4. The van der Waals surface area contributed by atoms with Crippen LogP contribution < -0.4 is 15.4 Å². The fourth-order valence-electron chi connectivity index (χ4n) is 9.64. The second-order valence-corrected chi connectivity index (χ2v) is 15.1. The number of hydrogen-bond acceptors (Lipinski definition) is 5. The number of hydrogen-bond donors (Lipinski definition) is 2. The van der Waals surface area contributed by atoms with E-state index in [1.807, 2.05) is 12.1 Å². The lowest BCUT2D eigenvalue weighted by atomic mass is 9.64. The van der Waals surface area contributed by atoms with E-state index in [2.05, 4.69) is 187 Å². The van der Waals surface area contributed by atoms with Crippen LogP contribution in [0.4, 0.5) is 0 Å². The van der Waals surface area contributed by atoms with Crippen molar-refractivity contribution in [2.24, 2.45) is 4.99 Å². The van der Waals surface area contributed by atoms with Gasteiger partial charge in [0.15, 0.2) is 0 Å². The zero-order valence-electron chi connectivity index (χ0n) is 30.8. The summed E-state index contributed by atoms with van der Waals surface area (Å²) < 4.78 is 13.3. The lowest BCUT2D eigenvalue weighted by Gasteiger charge is -2.42. The maximum absolute atomic E-state index is 6.86. The highest BCUT2D eigenvalue weighted by Gasteiger charge is 2.52. The van der Waals surface area contributed by atoms with E-state index in [0.717, 1.165) is 78.2 Å². The SMILES string of the molecule is c1ccc(C2N=C(c3ccc(-c4cccc5c4oc4ccccc45)cc3)NC(c3cccc4c3C3(c5ccccc5O4)c4ccccc4-c4ccccc43)N2)cc1. The fraction of sp³-hybridized carbons (Fsp3) is 0.0577. The third kappa shape index (κ3) is 4.70. The first-order valence-electron chi connectivity index (χ1n) is 19.5. The van der Waals surface area contributed by atoms with Crippen LogP contribution in [0.3, 0.4) is 0 Å². The van der Waals surface area contributed by atoms with Gasteiger partial charge in [0.25, 0.3) is 0 Å². The molecule has 2 unspecified atom stereocenters. The molecular weight excluding hydrogens is 699 g/mol. The normalized spacial score (nSPS) is 17.2. The number of nitrogens with one attached hydrogen (secondary N) is 2. The van der Waals surface area contributed by atoms with Gasteiger partial charge in [-0.1, -0.05) is 170 Å². The van der Waals surface area contributed by atoms with Crippen LogP contribution in [0.25, 0.3) is 44.2 Å². The van der Waals surface area contributed by atoms with Crippen molar-refractivity contribution in [3.63, 3.8) is 0 Å². The molecule has 2 atom stereocenters. The van der Waals surface area contributed by atoms with E-state index < -0.39 is 5.41 Å². The number of furan rings is 1. The standard InChI is InChI=1S/C52H35N3O2/c1-2-14-33(15-3-1)49-53-50(34-30-28-32(29-31-34)35-19-12-20-39-38-18-6-10-25-44(38)57-48(35)39)55-51(54-49)40-21-13-27-46-47(40)52(43-24-9-11-26-45(43)56-46)41-22-7-4-16-36(41)37-17-5-8-23-42(37)52/h1-31,49,51,54H,(H,53,55). The van der Waals surface area contributed by atoms with Gasteiger partial charge in [0, 0.05) is 33.0 Å². The Balaban J connectivity index is 1.01. The Hall–Kier alpha value is -7.21. The predicted octanol–water partition coefficient (Wildman–Crippen LogP) is 12.1. The zero-order valence-corrected chi connectivity index (χ0v) is 30.8. The minimum absolute atomic E-state index is 0.303. The van der Waals surface area contributed by atoms with E-state index in [9.17, 15) is 0 Å². The van der Waals surface area contributed by atoms with E-state index in [1.54, 1.807) is 0 Å². The number of aliphatic imine (C=N–C) groups is 1. The van der Waals surface area contributed by atoms with Crippen molar-refractivity contribution < 1.29 is 9.15 Å². The number of benzene rings is 8. The largest absolute Gasteiger partial charge is 0.457 e. The molecule has 1 aliphatic carbocycles. The van der Waals surface area contributed by atoms with Crippen LogP contribution in [0.2, 0.25) is 0 Å². The lowest BCUT2D eigenvalue weighted by Crippen LogP contribution is -2.46. The van der Waals surface area contributed by atoms with E-state index in [-0.39, 0.29) is 12.3 Å². The fourth-order valence-corrected chi connectivity index (χ4v) is 9.64. The summed E-state index contributed by atoms with van der Waals surface area (Å²) in [5.41, 5.74) is 13.8. The van der Waals surface area contributed by atoms with Gasteiger partial charge in [-0.3, -0.25) is 5.32 Å². The molecule has 1 aromatic heterocycles. The van der Waals surface area contributed by atoms with Crippen LogP contribution in [0, 0.1) is 0 Å². The Morgan fingerprint density at radius 2 is 1.11 bits per heavy atom. The van der Waals surface area contributed by atoms with Crippen LogP contribution in [-0.4, -0.2) is 5.84 Å². The van der Waals surface area contributed by atoms with Gasteiger partial charge >= 0.3 is 0 Å². The maximum Gasteiger partial charge on any atom is 0.143 e. The first-order valence-corrected chi connectivity index (χ1v) is 19.5. The summed E-state index contributed by atoms with van der Waals surface area (Å²) in [6, 6.07) is 66.5. The van der Waals surface area contributed by atoms with E-state index in [4.69, 9.17) is 14.1 Å². The van der Waals surface area contributed by atoms with E-state index in [1.165, 1.54) is 22.3 Å². The monoisotopic (exact) mass is 733 g/mol. The quantitative estimate of drug-likeness (QED) is 0.189. The van der Waals surface area contributed by atoms with Crippen LogP contribution >= 0.6 is 0 Å². The summed E-state index contributed by atoms with van der Waals surface area (Å²) in [5.74, 6) is 2.55. The summed E-state index contributed by atoms with van der Waals surface area (Å²) in [7, 11) is 0. The third-order valence-corrected chi connectivity index (χ3v) is 12.1. The van der Waals surface area contributed by atoms with Gasteiger partial charge in [-0.25, -0.2) is 4.99 Å². The summed E-state index contributed by atoms with van der Waals surface area (Å²) in [6.07, 6.45) is -0.615. The van der Waals surface area contributed by atoms with Crippen molar-refractivity contribution >= 4 is 27.8 Å². The number of ether oxygens (including phenoxy) is 1. The predicted molar refractivity (Wildman–Crippen MR) is 228 cm³/mol. The molecular formula is C52H35N3O2. The molecule has 8 aromatic carbocycles. The van der Waals surface area contributed by atoms with Gasteiger partial charge in [0.05, 0.1) is 5.41 Å². The first kappa shape index (κ1) is 32.1. The van der Waals surface area contributed by atoms with E-state index >= 15 is 0 Å². The summed E-state index contributed by atoms with van der Waals surface area (Å²) in [5, 5.41) is 10.0. The molecule has 3 aliphatic rings. The number of para-hydroxylation sites is 3. The molecule has 57 heavy (non-hydrogen) atoms. The molecule has 0 bridgehead atoms. The molecule has 0 saturated heterocycles. The van der Waals surface area contributed by atoms with Gasteiger partial charge in [0.2, 0.25) is 0 Å². The molecule has 3 heterocycles.